The fraction of sp³-hybridized carbons (Fsp3) is 0.429. The Morgan fingerprint density at radius 2 is 2.26 bits per heavy atom. The van der Waals surface area contributed by atoms with Crippen molar-refractivity contribution in [3.8, 4) is 0 Å². The highest BCUT2D eigenvalue weighted by molar-refractivity contribution is 5.95. The summed E-state index contributed by atoms with van der Waals surface area (Å²) in [6, 6.07) is 5.46. The number of methoxy groups -OCH3 is 1. The highest BCUT2D eigenvalue weighted by Crippen LogP contribution is 2.04. The molecular weight excluding hydrogens is 244 g/mol. The van der Waals surface area contributed by atoms with Crippen LogP contribution in [0.2, 0.25) is 0 Å². The second-order valence-corrected chi connectivity index (χ2v) is 4.01. The average molecular weight is 264 g/mol. The zero-order valence-electron chi connectivity index (χ0n) is 11.1. The number of nitrogens with one attached hydrogen (secondary N) is 1. The molecule has 1 heterocycles. The number of rotatable bonds is 8. The number of carbonyl (C=O) groups excluding carboxylic acids is 1. The lowest BCUT2D eigenvalue weighted by molar-refractivity contribution is -0.120. The van der Waals surface area contributed by atoms with Crippen LogP contribution in [-0.2, 0) is 9.53 Å². The van der Waals surface area contributed by atoms with E-state index in [1.54, 1.807) is 18.3 Å². The number of hydrogen-bond acceptors (Lipinski definition) is 4. The van der Waals surface area contributed by atoms with Gasteiger partial charge in [0.1, 0.15) is 0 Å². The van der Waals surface area contributed by atoms with Crippen molar-refractivity contribution in [1.82, 2.24) is 10.3 Å². The minimum absolute atomic E-state index is 0.191. The number of aliphatic hydroxyl groups is 1. The molecular formula is C14H20N2O3. The van der Waals surface area contributed by atoms with E-state index in [1.165, 1.54) is 7.11 Å². The number of aromatic nitrogens is 1. The van der Waals surface area contributed by atoms with Gasteiger partial charge in [-0.15, -0.1) is 0 Å². The smallest absolute Gasteiger partial charge is 0.286 e. The molecule has 0 spiro atoms. The van der Waals surface area contributed by atoms with Gasteiger partial charge in [-0.25, -0.2) is 0 Å². The summed E-state index contributed by atoms with van der Waals surface area (Å²) in [6.45, 7) is 0.762. The molecule has 1 rings (SSSR count). The fourth-order valence-electron chi connectivity index (χ4n) is 1.52. The molecule has 0 saturated carbocycles. The van der Waals surface area contributed by atoms with Crippen LogP contribution < -0.4 is 5.32 Å². The number of hydrogen-bond donors (Lipinski definition) is 2. The summed E-state index contributed by atoms with van der Waals surface area (Å²) < 4.78 is 5.06. The van der Waals surface area contributed by atoms with Crippen LogP contribution in [0.15, 0.2) is 30.2 Å². The number of pyridine rings is 1. The summed E-state index contributed by atoms with van der Waals surface area (Å²) in [6.07, 6.45) is 5.75. The number of ether oxygens (including phenoxy) is 1. The fourth-order valence-corrected chi connectivity index (χ4v) is 1.52. The molecule has 0 aliphatic rings. The van der Waals surface area contributed by atoms with Gasteiger partial charge in [0.05, 0.1) is 12.8 Å². The largest absolute Gasteiger partial charge is 0.491 e. The molecule has 1 amide bonds. The first-order valence-electron chi connectivity index (χ1n) is 6.33. The lowest BCUT2D eigenvalue weighted by Gasteiger charge is -2.07. The van der Waals surface area contributed by atoms with Crippen LogP contribution in [-0.4, -0.2) is 36.3 Å². The first kappa shape index (κ1) is 15.2. The standard InChI is InChI=1S/C14H20N2O3/c1-19-13(11-12-7-3-5-8-15-12)14(18)16-9-4-2-6-10-17/h3,5,7-8,11,17H,2,4,6,9-10H2,1H3,(H,16,18)/b13-11+. The Morgan fingerprint density at radius 1 is 1.42 bits per heavy atom. The highest BCUT2D eigenvalue weighted by atomic mass is 16.5. The summed E-state index contributed by atoms with van der Waals surface area (Å²) in [5.74, 6) is -0.0157. The van der Waals surface area contributed by atoms with Crippen molar-refractivity contribution in [2.75, 3.05) is 20.3 Å². The molecule has 19 heavy (non-hydrogen) atoms. The second kappa shape index (κ2) is 9.10. The highest BCUT2D eigenvalue weighted by Gasteiger charge is 2.09. The molecule has 5 nitrogen and oxygen atoms in total. The van der Waals surface area contributed by atoms with Gasteiger partial charge in [0.2, 0.25) is 0 Å². The van der Waals surface area contributed by atoms with Crippen LogP contribution in [0.5, 0.6) is 0 Å². The van der Waals surface area contributed by atoms with Crippen LogP contribution in [0.1, 0.15) is 25.0 Å². The lowest BCUT2D eigenvalue weighted by atomic mass is 10.2. The number of nitrogens with zero attached hydrogens (tertiary/aromatic N) is 1. The van der Waals surface area contributed by atoms with E-state index in [0.29, 0.717) is 12.2 Å². The number of carbonyl (C=O) groups is 1. The van der Waals surface area contributed by atoms with Gasteiger partial charge in [-0.1, -0.05) is 6.07 Å². The number of amides is 1. The summed E-state index contributed by atoms with van der Waals surface area (Å²) in [5.41, 5.74) is 0.676. The molecule has 104 valence electrons. The zero-order valence-corrected chi connectivity index (χ0v) is 11.1. The van der Waals surface area contributed by atoms with Crippen LogP contribution >= 0.6 is 0 Å². The van der Waals surface area contributed by atoms with Gasteiger partial charge in [0.25, 0.3) is 5.91 Å². The van der Waals surface area contributed by atoms with Gasteiger partial charge in [-0.3, -0.25) is 9.78 Å². The molecule has 0 atom stereocenters. The van der Waals surface area contributed by atoms with Crippen molar-refractivity contribution >= 4 is 12.0 Å². The van der Waals surface area contributed by atoms with Gasteiger partial charge in [-0.2, -0.15) is 0 Å². The molecule has 1 aromatic heterocycles. The molecule has 0 saturated heterocycles. The molecule has 1 aromatic rings. The third kappa shape index (κ3) is 6.01. The van der Waals surface area contributed by atoms with Crippen molar-refractivity contribution in [3.05, 3.63) is 35.8 Å². The third-order valence-corrected chi connectivity index (χ3v) is 2.53. The average Bonchev–Trinajstić information content (AvgIpc) is 2.45. The van der Waals surface area contributed by atoms with E-state index < -0.39 is 0 Å². The molecule has 0 bridgehead atoms. The topological polar surface area (TPSA) is 71.5 Å². The van der Waals surface area contributed by atoms with E-state index in [9.17, 15) is 4.79 Å². The molecule has 0 radical (unpaired) electrons. The first-order chi connectivity index (χ1) is 9.27. The minimum Gasteiger partial charge on any atom is -0.491 e. The van der Waals surface area contributed by atoms with Crippen molar-refractivity contribution in [2.24, 2.45) is 0 Å². The Labute approximate surface area is 113 Å². The van der Waals surface area contributed by atoms with Crippen LogP contribution in [0, 0.1) is 0 Å². The summed E-state index contributed by atoms with van der Waals surface area (Å²) >= 11 is 0. The molecule has 2 N–H and O–H groups in total. The summed E-state index contributed by atoms with van der Waals surface area (Å²) in [5, 5.41) is 11.4. The Balaban J connectivity index is 2.46. The monoisotopic (exact) mass is 264 g/mol. The van der Waals surface area contributed by atoms with E-state index in [0.717, 1.165) is 19.3 Å². The van der Waals surface area contributed by atoms with Gasteiger partial charge in [-0.05, 0) is 31.4 Å². The zero-order chi connectivity index (χ0) is 13.9. The minimum atomic E-state index is -0.253. The summed E-state index contributed by atoms with van der Waals surface area (Å²) in [7, 11) is 1.46. The van der Waals surface area contributed by atoms with E-state index in [1.807, 2.05) is 12.1 Å². The number of unbranched alkanes of at least 4 members (excludes halogenated alkanes) is 2. The second-order valence-electron chi connectivity index (χ2n) is 4.01. The van der Waals surface area contributed by atoms with Crippen molar-refractivity contribution in [2.45, 2.75) is 19.3 Å². The SMILES string of the molecule is CO/C(=C/c1ccccn1)C(=O)NCCCCCO. The molecule has 0 aliphatic heterocycles. The van der Waals surface area contributed by atoms with Crippen molar-refractivity contribution < 1.29 is 14.6 Å². The van der Waals surface area contributed by atoms with E-state index in [-0.39, 0.29) is 18.3 Å². The molecule has 0 aliphatic carbocycles. The maximum atomic E-state index is 11.8. The maximum absolute atomic E-state index is 11.8. The normalized spacial score (nSPS) is 11.2. The first-order valence-corrected chi connectivity index (χ1v) is 6.33. The molecule has 0 fully saturated rings. The van der Waals surface area contributed by atoms with Crippen molar-refractivity contribution in [1.29, 1.82) is 0 Å². The quantitative estimate of drug-likeness (QED) is 0.422. The summed E-state index contributed by atoms with van der Waals surface area (Å²) in [4.78, 5) is 15.9. The predicted octanol–water partition coefficient (Wildman–Crippen LogP) is 1.35. The Morgan fingerprint density at radius 3 is 2.89 bits per heavy atom. The Kier molecular flexibility index (Phi) is 7.27. The molecule has 0 aromatic carbocycles. The Hall–Kier alpha value is -1.88. The van der Waals surface area contributed by atoms with Crippen LogP contribution in [0.3, 0.4) is 0 Å². The molecule has 5 heteroatoms. The van der Waals surface area contributed by atoms with Gasteiger partial charge >= 0.3 is 0 Å². The van der Waals surface area contributed by atoms with Gasteiger partial charge in [0.15, 0.2) is 5.76 Å². The van der Waals surface area contributed by atoms with Gasteiger partial charge < -0.3 is 15.2 Å². The number of aliphatic hydroxyl groups excluding tert-OH is 1. The lowest BCUT2D eigenvalue weighted by Crippen LogP contribution is -2.26. The predicted molar refractivity (Wildman–Crippen MR) is 73.2 cm³/mol. The van der Waals surface area contributed by atoms with Crippen LogP contribution in [0.4, 0.5) is 0 Å². The molecule has 0 unspecified atom stereocenters. The Bertz CT molecular complexity index is 404. The third-order valence-electron chi connectivity index (χ3n) is 2.53. The maximum Gasteiger partial charge on any atom is 0.286 e. The van der Waals surface area contributed by atoms with E-state index in [4.69, 9.17) is 9.84 Å². The van der Waals surface area contributed by atoms with E-state index in [2.05, 4.69) is 10.3 Å². The van der Waals surface area contributed by atoms with Crippen molar-refractivity contribution in [3.63, 3.8) is 0 Å². The van der Waals surface area contributed by atoms with Gasteiger partial charge in [0, 0.05) is 25.4 Å². The van der Waals surface area contributed by atoms with Crippen LogP contribution in [0.25, 0.3) is 6.08 Å². The van der Waals surface area contributed by atoms with E-state index >= 15 is 0 Å².